The van der Waals surface area contributed by atoms with E-state index in [4.69, 9.17) is 0 Å². The fraction of sp³-hybridized carbons (Fsp3) is 0.526. The molecule has 0 aromatic carbocycles. The highest BCUT2D eigenvalue weighted by molar-refractivity contribution is 5.97. The average molecular weight is 370 g/mol. The molecule has 0 bridgehead atoms. The molecule has 8 heteroatoms. The molecule has 2 aromatic heterocycles. The normalized spacial score (nSPS) is 21.7. The molecule has 2 saturated heterocycles. The Hall–Kier alpha value is -2.61. The summed E-state index contributed by atoms with van der Waals surface area (Å²) in [4.78, 5) is 31.7. The van der Waals surface area contributed by atoms with Crippen molar-refractivity contribution in [3.63, 3.8) is 0 Å². The second kappa shape index (κ2) is 7.19. The molecule has 2 aromatic rings. The molecule has 144 valence electrons. The monoisotopic (exact) mass is 370 g/mol. The maximum absolute atomic E-state index is 13.0. The van der Waals surface area contributed by atoms with Crippen molar-refractivity contribution in [3.8, 4) is 0 Å². The van der Waals surface area contributed by atoms with Crippen molar-refractivity contribution in [3.05, 3.63) is 36.4 Å². The highest BCUT2D eigenvalue weighted by Gasteiger charge is 2.36. The molecule has 0 aliphatic carbocycles. The van der Waals surface area contributed by atoms with Gasteiger partial charge in [0.15, 0.2) is 0 Å². The van der Waals surface area contributed by atoms with Crippen LogP contribution in [0.15, 0.2) is 30.7 Å². The van der Waals surface area contributed by atoms with Crippen LogP contribution >= 0.6 is 0 Å². The third-order valence-electron chi connectivity index (χ3n) is 5.62. The summed E-state index contributed by atoms with van der Waals surface area (Å²) in [5, 5.41) is 4.19. The number of carbonyl (C=O) groups excluding carboxylic acids is 2. The summed E-state index contributed by atoms with van der Waals surface area (Å²) in [6, 6.07) is 3.63. The number of piperidine rings is 1. The predicted octanol–water partition coefficient (Wildman–Crippen LogP) is 0.712. The molecule has 8 nitrogen and oxygen atoms in total. The van der Waals surface area contributed by atoms with Crippen LogP contribution in [0.25, 0.3) is 0 Å². The Balaban J connectivity index is 1.39. The molecule has 4 rings (SSSR count). The van der Waals surface area contributed by atoms with Crippen molar-refractivity contribution in [2.45, 2.75) is 18.9 Å². The van der Waals surface area contributed by atoms with Crippen molar-refractivity contribution in [2.24, 2.45) is 14.1 Å². The van der Waals surface area contributed by atoms with Crippen LogP contribution < -0.4 is 4.90 Å². The Kier molecular flexibility index (Phi) is 4.73. The van der Waals surface area contributed by atoms with Gasteiger partial charge in [-0.15, -0.1) is 0 Å². The van der Waals surface area contributed by atoms with Gasteiger partial charge in [-0.2, -0.15) is 5.10 Å². The van der Waals surface area contributed by atoms with Gasteiger partial charge in [0.1, 0.15) is 5.69 Å². The van der Waals surface area contributed by atoms with Crippen LogP contribution in [0.3, 0.4) is 0 Å². The lowest BCUT2D eigenvalue weighted by atomic mass is 10.0. The fourth-order valence-electron chi connectivity index (χ4n) is 4.08. The molecule has 0 spiro atoms. The zero-order chi connectivity index (χ0) is 19.0. The van der Waals surface area contributed by atoms with E-state index in [0.29, 0.717) is 18.8 Å². The van der Waals surface area contributed by atoms with Crippen LogP contribution in [0.1, 0.15) is 23.3 Å². The molecule has 0 saturated carbocycles. The summed E-state index contributed by atoms with van der Waals surface area (Å²) >= 11 is 0. The minimum Gasteiger partial charge on any atom is -0.347 e. The lowest BCUT2D eigenvalue weighted by molar-refractivity contribution is -0.126. The lowest BCUT2D eigenvalue weighted by Gasteiger charge is -2.42. The summed E-state index contributed by atoms with van der Waals surface area (Å²) in [6.45, 7) is 3.51. The Labute approximate surface area is 158 Å². The topological polar surface area (TPSA) is 66.6 Å². The molecule has 0 unspecified atom stereocenters. The van der Waals surface area contributed by atoms with Crippen molar-refractivity contribution in [1.82, 2.24) is 24.1 Å². The van der Waals surface area contributed by atoms with E-state index in [2.05, 4.69) is 10.00 Å². The molecule has 0 N–H and O–H groups in total. The quantitative estimate of drug-likeness (QED) is 0.798. The highest BCUT2D eigenvalue weighted by Crippen LogP contribution is 2.24. The van der Waals surface area contributed by atoms with Gasteiger partial charge in [0, 0.05) is 59.2 Å². The van der Waals surface area contributed by atoms with Crippen LogP contribution in [-0.2, 0) is 18.9 Å². The molecule has 2 aliphatic rings. The zero-order valence-corrected chi connectivity index (χ0v) is 15.9. The lowest BCUT2D eigenvalue weighted by Crippen LogP contribution is -2.58. The predicted molar refractivity (Wildman–Crippen MR) is 101 cm³/mol. The summed E-state index contributed by atoms with van der Waals surface area (Å²) in [5.74, 6) is 0.213. The molecular weight excluding hydrogens is 344 g/mol. The van der Waals surface area contributed by atoms with Gasteiger partial charge >= 0.3 is 0 Å². The molecule has 2 fully saturated rings. The first kappa shape index (κ1) is 17.8. The molecule has 2 aliphatic heterocycles. The molecule has 4 heterocycles. The van der Waals surface area contributed by atoms with E-state index in [1.165, 1.54) is 0 Å². The number of amides is 2. The number of anilines is 1. The molecular formula is C19H26N6O2. The number of hydrogen-bond acceptors (Lipinski definition) is 4. The summed E-state index contributed by atoms with van der Waals surface area (Å²) in [5.41, 5.74) is 1.57. The number of aryl methyl sites for hydroxylation is 2. The van der Waals surface area contributed by atoms with Crippen molar-refractivity contribution in [1.29, 1.82) is 0 Å². The van der Waals surface area contributed by atoms with E-state index < -0.39 is 0 Å². The highest BCUT2D eigenvalue weighted by atomic mass is 16.2. The second-order valence-electron chi connectivity index (χ2n) is 7.35. The van der Waals surface area contributed by atoms with E-state index >= 15 is 0 Å². The smallest absolute Gasteiger partial charge is 0.270 e. The van der Waals surface area contributed by atoms with Gasteiger partial charge in [-0.1, -0.05) is 0 Å². The number of aromatic nitrogens is 3. The maximum Gasteiger partial charge on any atom is 0.270 e. The molecule has 0 radical (unpaired) electrons. The third-order valence-corrected chi connectivity index (χ3v) is 5.62. The first-order chi connectivity index (χ1) is 13.0. The minimum absolute atomic E-state index is 0.0640. The third kappa shape index (κ3) is 3.37. The van der Waals surface area contributed by atoms with Crippen LogP contribution in [0.2, 0.25) is 0 Å². The standard InChI is InChI=1S/C19H26N6O2/c1-21-7-3-5-16(21)18(26)24-11-9-23(10-12-24)17-6-4-8-25(19(17)27)15-13-20-22(2)14-15/h3,5,7,13-14,17H,4,6,8-12H2,1-2H3/t17-/m0/s1. The number of hydrogen-bond donors (Lipinski definition) is 0. The fourth-order valence-corrected chi connectivity index (χ4v) is 4.08. The number of rotatable bonds is 3. The zero-order valence-electron chi connectivity index (χ0n) is 15.9. The first-order valence-electron chi connectivity index (χ1n) is 9.49. The summed E-state index contributed by atoms with van der Waals surface area (Å²) in [6.07, 6.45) is 7.37. The van der Waals surface area contributed by atoms with E-state index in [9.17, 15) is 9.59 Å². The SMILES string of the molecule is Cn1cc(N2CCC[C@H](N3CCN(C(=O)c4cccn4C)CC3)C2=O)cn1. The largest absolute Gasteiger partial charge is 0.347 e. The van der Waals surface area contributed by atoms with Crippen molar-refractivity contribution < 1.29 is 9.59 Å². The summed E-state index contributed by atoms with van der Waals surface area (Å²) in [7, 11) is 3.75. The van der Waals surface area contributed by atoms with Gasteiger partial charge in [0.2, 0.25) is 5.91 Å². The Morgan fingerprint density at radius 2 is 1.93 bits per heavy atom. The number of piperazine rings is 1. The summed E-state index contributed by atoms with van der Waals surface area (Å²) < 4.78 is 3.57. The van der Waals surface area contributed by atoms with Crippen LogP contribution in [-0.4, -0.2) is 74.7 Å². The van der Waals surface area contributed by atoms with Gasteiger partial charge in [-0.3, -0.25) is 19.2 Å². The van der Waals surface area contributed by atoms with Crippen LogP contribution in [0, 0.1) is 0 Å². The van der Waals surface area contributed by atoms with Gasteiger partial charge in [0.25, 0.3) is 5.91 Å². The molecule has 27 heavy (non-hydrogen) atoms. The average Bonchev–Trinajstić information content (AvgIpc) is 3.30. The maximum atomic E-state index is 13.0. The van der Waals surface area contributed by atoms with E-state index in [0.717, 1.165) is 38.2 Å². The Morgan fingerprint density at radius 1 is 1.15 bits per heavy atom. The Bertz CT molecular complexity index is 833. The number of nitrogens with zero attached hydrogens (tertiary/aromatic N) is 6. The van der Waals surface area contributed by atoms with Crippen LogP contribution in [0.5, 0.6) is 0 Å². The van der Waals surface area contributed by atoms with Gasteiger partial charge in [-0.25, -0.2) is 0 Å². The van der Waals surface area contributed by atoms with E-state index in [1.54, 1.807) is 10.9 Å². The molecule has 2 amide bonds. The van der Waals surface area contributed by atoms with E-state index in [-0.39, 0.29) is 17.9 Å². The first-order valence-corrected chi connectivity index (χ1v) is 9.49. The van der Waals surface area contributed by atoms with Gasteiger partial charge in [-0.05, 0) is 25.0 Å². The van der Waals surface area contributed by atoms with Gasteiger partial charge in [0.05, 0.1) is 17.9 Å². The van der Waals surface area contributed by atoms with Crippen molar-refractivity contribution >= 4 is 17.5 Å². The van der Waals surface area contributed by atoms with Crippen molar-refractivity contribution in [2.75, 3.05) is 37.6 Å². The molecule has 1 atom stereocenters. The number of carbonyl (C=O) groups is 2. The van der Waals surface area contributed by atoms with Crippen LogP contribution in [0.4, 0.5) is 5.69 Å². The second-order valence-corrected chi connectivity index (χ2v) is 7.35. The minimum atomic E-state index is -0.105. The Morgan fingerprint density at radius 3 is 2.56 bits per heavy atom. The van der Waals surface area contributed by atoms with E-state index in [1.807, 2.05) is 53.0 Å². The van der Waals surface area contributed by atoms with Gasteiger partial charge < -0.3 is 14.4 Å².